The van der Waals surface area contributed by atoms with Gasteiger partial charge in [0.25, 0.3) is 5.91 Å². The van der Waals surface area contributed by atoms with E-state index in [2.05, 4.69) is 12.1 Å². The fraction of sp³-hybridized carbons (Fsp3) is 0.267. The third kappa shape index (κ3) is 2.39. The topological polar surface area (TPSA) is 51.3 Å². The summed E-state index contributed by atoms with van der Waals surface area (Å²) in [5.41, 5.74) is 7.64. The van der Waals surface area contributed by atoms with Crippen LogP contribution in [0.1, 0.15) is 16.1 Å². The number of aromatic nitrogens is 1. The van der Waals surface area contributed by atoms with Crippen molar-refractivity contribution in [1.29, 1.82) is 0 Å². The van der Waals surface area contributed by atoms with Crippen LogP contribution in [0.3, 0.4) is 0 Å². The monoisotopic (exact) mass is 255 g/mol. The summed E-state index contributed by atoms with van der Waals surface area (Å²) in [5.74, 6) is 0.0719. The van der Waals surface area contributed by atoms with Gasteiger partial charge in [-0.1, -0.05) is 30.3 Å². The molecule has 98 valence electrons. The van der Waals surface area contributed by atoms with Gasteiger partial charge in [-0.25, -0.2) is 0 Å². The highest BCUT2D eigenvalue weighted by atomic mass is 16.2. The number of amides is 1. The number of carbonyl (C=O) groups excluding carboxylic acids is 1. The van der Waals surface area contributed by atoms with Gasteiger partial charge in [0.15, 0.2) is 0 Å². The Bertz CT molecular complexity index is 570. The van der Waals surface area contributed by atoms with Crippen molar-refractivity contribution in [3.8, 4) is 0 Å². The number of nitrogens with zero attached hydrogens (tertiary/aromatic N) is 2. The van der Waals surface area contributed by atoms with Crippen molar-refractivity contribution in [2.75, 3.05) is 13.1 Å². The van der Waals surface area contributed by atoms with Gasteiger partial charge in [-0.3, -0.25) is 4.79 Å². The van der Waals surface area contributed by atoms with Crippen LogP contribution in [-0.2, 0) is 6.54 Å². The van der Waals surface area contributed by atoms with Gasteiger partial charge in [0.1, 0.15) is 5.69 Å². The van der Waals surface area contributed by atoms with E-state index < -0.39 is 0 Å². The van der Waals surface area contributed by atoms with Crippen molar-refractivity contribution >= 4 is 5.91 Å². The smallest absolute Gasteiger partial charge is 0.270 e. The highest BCUT2D eigenvalue weighted by molar-refractivity contribution is 5.93. The van der Waals surface area contributed by atoms with Crippen LogP contribution >= 0.6 is 0 Å². The summed E-state index contributed by atoms with van der Waals surface area (Å²) in [4.78, 5) is 14.1. The van der Waals surface area contributed by atoms with Gasteiger partial charge < -0.3 is 15.2 Å². The Labute approximate surface area is 112 Å². The molecule has 0 unspecified atom stereocenters. The average molecular weight is 255 g/mol. The van der Waals surface area contributed by atoms with Crippen LogP contribution in [0, 0.1) is 0 Å². The van der Waals surface area contributed by atoms with E-state index in [4.69, 9.17) is 5.73 Å². The van der Waals surface area contributed by atoms with Crippen LogP contribution in [0.15, 0.2) is 48.7 Å². The third-order valence-electron chi connectivity index (χ3n) is 3.44. The summed E-state index contributed by atoms with van der Waals surface area (Å²) >= 11 is 0. The van der Waals surface area contributed by atoms with E-state index in [1.807, 2.05) is 41.1 Å². The predicted molar refractivity (Wildman–Crippen MR) is 73.9 cm³/mol. The second-order valence-corrected chi connectivity index (χ2v) is 4.98. The summed E-state index contributed by atoms with van der Waals surface area (Å²) in [7, 11) is 0. The Morgan fingerprint density at radius 1 is 1.16 bits per heavy atom. The Kier molecular flexibility index (Phi) is 3.09. The van der Waals surface area contributed by atoms with Gasteiger partial charge in [-0.05, 0) is 17.7 Å². The Morgan fingerprint density at radius 2 is 1.89 bits per heavy atom. The van der Waals surface area contributed by atoms with E-state index in [-0.39, 0.29) is 11.9 Å². The lowest BCUT2D eigenvalue weighted by molar-refractivity contribution is 0.0597. The van der Waals surface area contributed by atoms with E-state index >= 15 is 0 Å². The first-order valence-corrected chi connectivity index (χ1v) is 6.48. The molecule has 2 heterocycles. The summed E-state index contributed by atoms with van der Waals surface area (Å²) in [5, 5.41) is 0. The largest absolute Gasteiger partial charge is 0.339 e. The molecule has 19 heavy (non-hydrogen) atoms. The molecule has 0 saturated carbocycles. The van der Waals surface area contributed by atoms with Gasteiger partial charge in [0.05, 0.1) is 0 Å². The Balaban J connectivity index is 1.77. The molecule has 0 atom stereocenters. The van der Waals surface area contributed by atoms with Crippen LogP contribution in [0.5, 0.6) is 0 Å². The van der Waals surface area contributed by atoms with E-state index in [0.717, 1.165) is 12.2 Å². The van der Waals surface area contributed by atoms with Gasteiger partial charge >= 0.3 is 0 Å². The molecule has 2 aromatic rings. The number of carbonyl (C=O) groups is 1. The molecule has 1 aliphatic rings. The molecular formula is C15H17N3O. The molecule has 1 aliphatic heterocycles. The highest BCUT2D eigenvalue weighted by Crippen LogP contribution is 2.14. The van der Waals surface area contributed by atoms with Crippen molar-refractivity contribution in [3.05, 3.63) is 59.9 Å². The maximum Gasteiger partial charge on any atom is 0.270 e. The normalized spacial score (nSPS) is 15.3. The van der Waals surface area contributed by atoms with Crippen LogP contribution in [0.25, 0.3) is 0 Å². The second kappa shape index (κ2) is 4.90. The van der Waals surface area contributed by atoms with Crippen molar-refractivity contribution < 1.29 is 4.79 Å². The van der Waals surface area contributed by atoms with Crippen LogP contribution in [-0.4, -0.2) is 34.5 Å². The predicted octanol–water partition coefficient (Wildman–Crippen LogP) is 1.32. The lowest BCUT2D eigenvalue weighted by atomic mass is 10.1. The third-order valence-corrected chi connectivity index (χ3v) is 3.44. The molecular weight excluding hydrogens is 238 g/mol. The SMILES string of the molecule is NC1CN(C(=O)c2cccn2Cc2ccccc2)C1. The van der Waals surface area contributed by atoms with Crippen LogP contribution in [0.2, 0.25) is 0 Å². The van der Waals surface area contributed by atoms with Crippen LogP contribution < -0.4 is 5.73 Å². The molecule has 1 aromatic carbocycles. The second-order valence-electron chi connectivity index (χ2n) is 4.98. The molecule has 3 rings (SSSR count). The molecule has 0 radical (unpaired) electrons. The quantitative estimate of drug-likeness (QED) is 0.899. The van der Waals surface area contributed by atoms with E-state index in [0.29, 0.717) is 13.1 Å². The minimum atomic E-state index is 0.0719. The molecule has 1 saturated heterocycles. The van der Waals surface area contributed by atoms with Gasteiger partial charge in [0, 0.05) is 31.9 Å². The fourth-order valence-corrected chi connectivity index (χ4v) is 2.37. The number of likely N-dealkylation sites (tertiary alicyclic amines) is 1. The fourth-order valence-electron chi connectivity index (χ4n) is 2.37. The zero-order chi connectivity index (χ0) is 13.2. The lowest BCUT2D eigenvalue weighted by Gasteiger charge is -2.36. The first-order valence-electron chi connectivity index (χ1n) is 6.48. The van der Waals surface area contributed by atoms with Gasteiger partial charge in [-0.2, -0.15) is 0 Å². The highest BCUT2D eigenvalue weighted by Gasteiger charge is 2.29. The number of nitrogens with two attached hydrogens (primary N) is 1. The summed E-state index contributed by atoms with van der Waals surface area (Å²) in [6, 6.07) is 14.1. The first kappa shape index (κ1) is 12.0. The number of rotatable bonds is 3. The summed E-state index contributed by atoms with van der Waals surface area (Å²) in [6.07, 6.45) is 1.94. The first-order chi connectivity index (χ1) is 9.24. The van der Waals surface area contributed by atoms with Gasteiger partial charge in [-0.15, -0.1) is 0 Å². The van der Waals surface area contributed by atoms with Crippen molar-refractivity contribution in [2.45, 2.75) is 12.6 Å². The Morgan fingerprint density at radius 3 is 2.58 bits per heavy atom. The van der Waals surface area contributed by atoms with Crippen molar-refractivity contribution in [1.82, 2.24) is 9.47 Å². The zero-order valence-corrected chi connectivity index (χ0v) is 10.7. The lowest BCUT2D eigenvalue weighted by Crippen LogP contribution is -2.58. The molecule has 1 fully saturated rings. The minimum Gasteiger partial charge on any atom is -0.339 e. The van der Waals surface area contributed by atoms with E-state index in [1.165, 1.54) is 5.56 Å². The molecule has 1 aromatic heterocycles. The number of hydrogen-bond donors (Lipinski definition) is 1. The average Bonchev–Trinajstić information content (AvgIpc) is 2.84. The minimum absolute atomic E-state index is 0.0719. The summed E-state index contributed by atoms with van der Waals surface area (Å²) in [6.45, 7) is 2.04. The molecule has 0 spiro atoms. The molecule has 0 bridgehead atoms. The maximum absolute atomic E-state index is 12.3. The molecule has 0 aliphatic carbocycles. The van der Waals surface area contributed by atoms with E-state index in [1.54, 1.807) is 4.90 Å². The molecule has 4 heteroatoms. The standard InChI is InChI=1S/C15H17N3O/c16-13-10-18(11-13)15(19)14-7-4-8-17(14)9-12-5-2-1-3-6-12/h1-8,13H,9-11,16H2. The van der Waals surface area contributed by atoms with Crippen LogP contribution in [0.4, 0.5) is 0 Å². The number of benzene rings is 1. The molecule has 1 amide bonds. The molecule has 4 nitrogen and oxygen atoms in total. The van der Waals surface area contributed by atoms with E-state index in [9.17, 15) is 4.79 Å². The summed E-state index contributed by atoms with van der Waals surface area (Å²) < 4.78 is 1.99. The van der Waals surface area contributed by atoms with Crippen molar-refractivity contribution in [3.63, 3.8) is 0 Å². The number of hydrogen-bond acceptors (Lipinski definition) is 2. The molecule has 2 N–H and O–H groups in total. The van der Waals surface area contributed by atoms with Gasteiger partial charge in [0.2, 0.25) is 0 Å². The maximum atomic E-state index is 12.3. The zero-order valence-electron chi connectivity index (χ0n) is 10.7. The Hall–Kier alpha value is -2.07. The van der Waals surface area contributed by atoms with Crippen molar-refractivity contribution in [2.24, 2.45) is 5.73 Å².